The van der Waals surface area contributed by atoms with Gasteiger partial charge in [0.2, 0.25) is 0 Å². The molecular formula is C25H18F2N2O2S. The predicted octanol–water partition coefficient (Wildman–Crippen LogP) is 5.26. The van der Waals surface area contributed by atoms with Crippen molar-refractivity contribution in [3.05, 3.63) is 95.1 Å². The molecule has 0 unspecified atom stereocenters. The monoisotopic (exact) mass is 448 g/mol. The Hall–Kier alpha value is -3.76. The first-order valence-corrected chi connectivity index (χ1v) is 10.7. The van der Waals surface area contributed by atoms with E-state index in [1.807, 2.05) is 23.1 Å². The largest absolute Gasteiger partial charge is 0.472 e. The smallest absolute Gasteiger partial charge is 0.382 e. The Morgan fingerprint density at radius 1 is 1.03 bits per heavy atom. The van der Waals surface area contributed by atoms with E-state index in [4.69, 9.17) is 5.11 Å². The van der Waals surface area contributed by atoms with E-state index in [9.17, 15) is 13.6 Å². The highest BCUT2D eigenvalue weighted by atomic mass is 32.1. The maximum absolute atomic E-state index is 14.2. The van der Waals surface area contributed by atoms with Gasteiger partial charge in [-0.05, 0) is 53.9 Å². The zero-order chi connectivity index (χ0) is 22.5. The third-order valence-corrected chi connectivity index (χ3v) is 5.96. The van der Waals surface area contributed by atoms with Crippen LogP contribution in [0.3, 0.4) is 0 Å². The van der Waals surface area contributed by atoms with Crippen LogP contribution >= 0.6 is 11.3 Å². The molecular weight excluding hydrogens is 430 g/mol. The number of carbonyl (C=O) groups is 1. The molecule has 0 radical (unpaired) electrons. The first-order chi connectivity index (χ1) is 15.5. The molecule has 4 nitrogen and oxygen atoms in total. The average Bonchev–Trinajstić information content (AvgIpc) is 3.22. The van der Waals surface area contributed by atoms with Crippen LogP contribution in [0.4, 0.5) is 13.9 Å². The Morgan fingerprint density at radius 2 is 1.81 bits per heavy atom. The Morgan fingerprint density at radius 3 is 2.56 bits per heavy atom. The van der Waals surface area contributed by atoms with Crippen LogP contribution in [0.15, 0.2) is 66.7 Å². The Balaban J connectivity index is 1.63. The minimum Gasteiger partial charge on any atom is -0.472 e. The van der Waals surface area contributed by atoms with Gasteiger partial charge in [0.1, 0.15) is 11.6 Å². The molecule has 4 rings (SSSR count). The van der Waals surface area contributed by atoms with Crippen molar-refractivity contribution in [3.63, 3.8) is 0 Å². The number of anilines is 1. The van der Waals surface area contributed by atoms with Crippen LogP contribution in [-0.2, 0) is 17.8 Å². The summed E-state index contributed by atoms with van der Waals surface area (Å²) in [6.07, 6.45) is 0.650. The quantitative estimate of drug-likeness (QED) is 0.409. The zero-order valence-electron chi connectivity index (χ0n) is 16.9. The molecule has 1 heterocycles. The topological polar surface area (TPSA) is 53.4 Å². The lowest BCUT2D eigenvalue weighted by molar-refractivity contribution is -0.130. The second kappa shape index (κ2) is 9.58. The molecule has 0 fully saturated rings. The molecule has 0 aliphatic carbocycles. The van der Waals surface area contributed by atoms with Gasteiger partial charge in [0, 0.05) is 24.6 Å². The van der Waals surface area contributed by atoms with E-state index in [-0.39, 0.29) is 11.6 Å². The summed E-state index contributed by atoms with van der Waals surface area (Å²) in [5.41, 5.74) is 3.09. The van der Waals surface area contributed by atoms with Crippen LogP contribution < -0.4 is 4.90 Å². The number of hydrogen-bond acceptors (Lipinski definition) is 4. The number of benzene rings is 3. The van der Waals surface area contributed by atoms with Crippen LogP contribution in [-0.4, -0.2) is 22.6 Å². The van der Waals surface area contributed by atoms with Crippen molar-refractivity contribution in [2.45, 2.75) is 13.0 Å². The number of aliphatic carboxylic acids is 1. The van der Waals surface area contributed by atoms with E-state index in [1.54, 1.807) is 30.3 Å². The van der Waals surface area contributed by atoms with E-state index >= 15 is 0 Å². The first-order valence-electron chi connectivity index (χ1n) is 9.86. The predicted molar refractivity (Wildman–Crippen MR) is 122 cm³/mol. The van der Waals surface area contributed by atoms with Gasteiger partial charge in [-0.2, -0.15) is 0 Å². The lowest BCUT2D eigenvalue weighted by Gasteiger charge is -2.22. The van der Waals surface area contributed by atoms with E-state index in [0.717, 1.165) is 11.1 Å². The van der Waals surface area contributed by atoms with Crippen molar-refractivity contribution in [1.29, 1.82) is 0 Å². The molecule has 0 aliphatic rings. The summed E-state index contributed by atoms with van der Waals surface area (Å²) >= 11 is 1.28. The standard InChI is InChI=1S/C25H18F2N2O2S/c26-20-10-7-17(8-11-20)13-14-29(25-28-22-6-2-5-21(27)24(22)32-25)16-19-4-1-3-18(15-19)9-12-23(30)31/h1-8,10-11,15H,13-14,16H2,(H,30,31). The second-order valence-corrected chi connectivity index (χ2v) is 8.12. The molecule has 0 amide bonds. The van der Waals surface area contributed by atoms with Gasteiger partial charge >= 0.3 is 5.97 Å². The van der Waals surface area contributed by atoms with Crippen molar-refractivity contribution < 1.29 is 18.7 Å². The van der Waals surface area contributed by atoms with Gasteiger partial charge < -0.3 is 10.0 Å². The van der Waals surface area contributed by atoms with Crippen molar-refractivity contribution >= 4 is 32.7 Å². The fraction of sp³-hybridized carbons (Fsp3) is 0.120. The molecule has 0 aliphatic heterocycles. The summed E-state index contributed by atoms with van der Waals surface area (Å²) in [6.45, 7) is 1.06. The molecule has 4 aromatic rings. The molecule has 3 aromatic carbocycles. The third kappa shape index (κ3) is 5.29. The Bertz CT molecular complexity index is 1320. The van der Waals surface area contributed by atoms with E-state index in [0.29, 0.717) is 40.4 Å². The van der Waals surface area contributed by atoms with Crippen molar-refractivity contribution in [1.82, 2.24) is 4.98 Å². The fourth-order valence-corrected chi connectivity index (χ4v) is 4.29. The van der Waals surface area contributed by atoms with Crippen molar-refractivity contribution in [2.24, 2.45) is 0 Å². The molecule has 1 N–H and O–H groups in total. The molecule has 32 heavy (non-hydrogen) atoms. The maximum Gasteiger partial charge on any atom is 0.382 e. The Labute approximate surface area is 187 Å². The molecule has 0 saturated carbocycles. The number of carboxylic acid groups (broad SMARTS) is 1. The number of carboxylic acids is 1. The van der Waals surface area contributed by atoms with Gasteiger partial charge in [0.15, 0.2) is 5.13 Å². The number of rotatable bonds is 6. The minimum atomic E-state index is -1.19. The molecule has 0 atom stereocenters. The van der Waals surface area contributed by atoms with E-state index in [1.165, 1.54) is 29.5 Å². The van der Waals surface area contributed by atoms with Crippen LogP contribution in [0.25, 0.3) is 10.2 Å². The number of aromatic nitrogens is 1. The van der Waals surface area contributed by atoms with Crippen LogP contribution in [0, 0.1) is 23.5 Å². The SMILES string of the molecule is O=C(O)C#Cc1cccc(CN(CCc2ccc(F)cc2)c2nc3cccc(F)c3s2)c1. The number of halogens is 2. The van der Waals surface area contributed by atoms with Crippen LogP contribution in [0.2, 0.25) is 0 Å². The van der Waals surface area contributed by atoms with Crippen LogP contribution in [0.5, 0.6) is 0 Å². The Kier molecular flexibility index (Phi) is 6.43. The van der Waals surface area contributed by atoms with Crippen molar-refractivity contribution in [3.8, 4) is 11.8 Å². The highest BCUT2D eigenvalue weighted by Crippen LogP contribution is 2.31. The summed E-state index contributed by atoms with van der Waals surface area (Å²) in [5.74, 6) is 2.96. The van der Waals surface area contributed by atoms with Gasteiger partial charge in [-0.25, -0.2) is 18.6 Å². The number of nitrogens with zero attached hydrogens (tertiary/aromatic N) is 2. The normalized spacial score (nSPS) is 10.6. The van der Waals surface area contributed by atoms with Gasteiger partial charge in [-0.15, -0.1) is 0 Å². The second-order valence-electron chi connectivity index (χ2n) is 7.14. The van der Waals surface area contributed by atoms with Gasteiger partial charge in [-0.1, -0.05) is 47.6 Å². The fourth-order valence-electron chi connectivity index (χ4n) is 3.29. The maximum atomic E-state index is 14.2. The highest BCUT2D eigenvalue weighted by molar-refractivity contribution is 7.22. The number of fused-ring (bicyclic) bond motifs is 1. The van der Waals surface area contributed by atoms with Crippen LogP contribution in [0.1, 0.15) is 16.7 Å². The number of thiazole rings is 1. The highest BCUT2D eigenvalue weighted by Gasteiger charge is 2.15. The third-order valence-electron chi connectivity index (χ3n) is 4.82. The molecule has 0 bridgehead atoms. The summed E-state index contributed by atoms with van der Waals surface area (Å²) < 4.78 is 28.0. The van der Waals surface area contributed by atoms with Gasteiger partial charge in [0.05, 0.1) is 10.2 Å². The average molecular weight is 448 g/mol. The summed E-state index contributed by atoms with van der Waals surface area (Å²) in [4.78, 5) is 17.4. The molecule has 0 spiro atoms. The van der Waals surface area contributed by atoms with E-state index in [2.05, 4.69) is 16.8 Å². The van der Waals surface area contributed by atoms with Crippen molar-refractivity contribution in [2.75, 3.05) is 11.4 Å². The molecule has 7 heteroatoms. The lowest BCUT2D eigenvalue weighted by Crippen LogP contribution is -2.25. The molecule has 0 saturated heterocycles. The summed E-state index contributed by atoms with van der Waals surface area (Å²) in [5, 5.41) is 9.46. The minimum absolute atomic E-state index is 0.286. The lowest BCUT2D eigenvalue weighted by atomic mass is 10.1. The zero-order valence-corrected chi connectivity index (χ0v) is 17.7. The van der Waals surface area contributed by atoms with Gasteiger partial charge in [-0.3, -0.25) is 0 Å². The summed E-state index contributed by atoms with van der Waals surface area (Å²) in [6, 6.07) is 18.5. The molecule has 1 aromatic heterocycles. The first kappa shape index (κ1) is 21.5. The molecule has 160 valence electrons. The summed E-state index contributed by atoms with van der Waals surface area (Å²) in [7, 11) is 0. The number of hydrogen-bond donors (Lipinski definition) is 1. The van der Waals surface area contributed by atoms with E-state index < -0.39 is 5.97 Å². The van der Waals surface area contributed by atoms with Gasteiger partial charge in [0.25, 0.3) is 0 Å².